The molecule has 9 heteroatoms. The van der Waals surface area contributed by atoms with Crippen molar-refractivity contribution in [3.63, 3.8) is 0 Å². The smallest absolute Gasteiger partial charge is 0.416 e. The van der Waals surface area contributed by atoms with Crippen LogP contribution in [0.3, 0.4) is 0 Å². The molecule has 0 aliphatic carbocycles. The summed E-state index contributed by atoms with van der Waals surface area (Å²) in [4.78, 5) is 16.0. The highest BCUT2D eigenvalue weighted by Crippen LogP contribution is 2.30. The zero-order valence-corrected chi connectivity index (χ0v) is 15.5. The summed E-state index contributed by atoms with van der Waals surface area (Å²) in [6.45, 7) is -0.00808. The van der Waals surface area contributed by atoms with E-state index in [9.17, 15) is 22.4 Å². The Hall–Kier alpha value is -3.62. The predicted octanol–water partition coefficient (Wildman–Crippen LogP) is 4.76. The number of benzene rings is 2. The van der Waals surface area contributed by atoms with E-state index in [1.165, 1.54) is 36.5 Å². The van der Waals surface area contributed by atoms with Crippen LogP contribution < -0.4 is 15.4 Å². The van der Waals surface area contributed by atoms with Crippen LogP contribution in [-0.4, -0.2) is 17.4 Å². The molecule has 0 aliphatic heterocycles. The number of carbonyl (C=O) groups is 1. The lowest BCUT2D eigenvalue weighted by Gasteiger charge is -2.11. The van der Waals surface area contributed by atoms with Gasteiger partial charge in [0, 0.05) is 30.6 Å². The van der Waals surface area contributed by atoms with E-state index in [2.05, 4.69) is 15.6 Å². The molecule has 2 N–H and O–H groups in total. The van der Waals surface area contributed by atoms with Gasteiger partial charge < -0.3 is 15.4 Å². The Bertz CT molecular complexity index is 1010. The number of aromatic nitrogens is 1. The first-order chi connectivity index (χ1) is 14.3. The van der Waals surface area contributed by atoms with Crippen LogP contribution in [0.5, 0.6) is 11.6 Å². The quantitative estimate of drug-likeness (QED) is 0.542. The molecule has 30 heavy (non-hydrogen) atoms. The van der Waals surface area contributed by atoms with Gasteiger partial charge in [0.15, 0.2) is 0 Å². The fraction of sp³-hybridized carbons (Fsp3) is 0.143. The number of ether oxygens (including phenoxy) is 1. The van der Waals surface area contributed by atoms with Crippen molar-refractivity contribution in [2.45, 2.75) is 12.7 Å². The number of halogens is 4. The molecule has 0 fully saturated rings. The molecule has 0 radical (unpaired) electrons. The van der Waals surface area contributed by atoms with E-state index < -0.39 is 23.5 Å². The van der Waals surface area contributed by atoms with Crippen LogP contribution in [0.4, 0.5) is 23.2 Å². The minimum atomic E-state index is -4.45. The maximum atomic E-state index is 13.2. The molecule has 0 bridgehead atoms. The van der Waals surface area contributed by atoms with Gasteiger partial charge in [-0.1, -0.05) is 18.2 Å². The Kier molecular flexibility index (Phi) is 6.51. The van der Waals surface area contributed by atoms with E-state index in [-0.39, 0.29) is 24.7 Å². The van der Waals surface area contributed by atoms with E-state index in [1.807, 2.05) is 0 Å². The maximum Gasteiger partial charge on any atom is 0.416 e. The number of carbonyl (C=O) groups excluding carboxylic acids is 1. The number of alkyl halides is 3. The average molecular weight is 419 g/mol. The Labute approximate surface area is 169 Å². The van der Waals surface area contributed by atoms with Crippen LogP contribution in [0, 0.1) is 5.82 Å². The first kappa shape index (κ1) is 21.1. The van der Waals surface area contributed by atoms with Gasteiger partial charge in [-0.3, -0.25) is 4.79 Å². The number of amides is 1. The van der Waals surface area contributed by atoms with Crippen LogP contribution in [0.15, 0.2) is 66.9 Å². The third-order valence-electron chi connectivity index (χ3n) is 3.95. The highest BCUT2D eigenvalue weighted by atomic mass is 19.4. The Morgan fingerprint density at radius 1 is 1.03 bits per heavy atom. The number of rotatable bonds is 7. The first-order valence-corrected chi connectivity index (χ1v) is 8.86. The molecule has 0 spiro atoms. The number of pyridine rings is 1. The number of nitrogens with zero attached hydrogens (tertiary/aromatic N) is 1. The zero-order valence-electron chi connectivity index (χ0n) is 15.5. The minimum Gasteiger partial charge on any atom is -0.439 e. The molecule has 0 atom stereocenters. The fourth-order valence-electron chi connectivity index (χ4n) is 2.48. The molecule has 3 rings (SSSR count). The zero-order chi connectivity index (χ0) is 21.6. The van der Waals surface area contributed by atoms with Gasteiger partial charge in [-0.25, -0.2) is 9.37 Å². The molecular formula is C21H17F4N3O2. The molecule has 0 saturated heterocycles. The molecule has 2 aromatic carbocycles. The molecule has 1 aromatic heterocycles. The van der Waals surface area contributed by atoms with Gasteiger partial charge >= 0.3 is 6.18 Å². The van der Waals surface area contributed by atoms with Gasteiger partial charge in [-0.15, -0.1) is 0 Å². The highest BCUT2D eigenvalue weighted by molar-refractivity contribution is 5.80. The Morgan fingerprint density at radius 3 is 2.53 bits per heavy atom. The lowest BCUT2D eigenvalue weighted by atomic mass is 10.2. The van der Waals surface area contributed by atoms with E-state index in [0.29, 0.717) is 11.3 Å². The Morgan fingerprint density at radius 2 is 1.83 bits per heavy atom. The summed E-state index contributed by atoms with van der Waals surface area (Å²) >= 11 is 0. The van der Waals surface area contributed by atoms with E-state index in [1.54, 1.807) is 18.2 Å². The summed E-state index contributed by atoms with van der Waals surface area (Å²) in [5.74, 6) is -0.246. The topological polar surface area (TPSA) is 63.2 Å². The summed E-state index contributed by atoms with van der Waals surface area (Å²) < 4.78 is 56.7. The molecular weight excluding hydrogens is 402 g/mol. The van der Waals surface area contributed by atoms with Crippen molar-refractivity contribution in [3.8, 4) is 11.6 Å². The predicted molar refractivity (Wildman–Crippen MR) is 102 cm³/mol. The molecule has 0 unspecified atom stereocenters. The van der Waals surface area contributed by atoms with Crippen molar-refractivity contribution < 1.29 is 27.1 Å². The normalized spacial score (nSPS) is 11.1. The van der Waals surface area contributed by atoms with Gasteiger partial charge in [-0.05, 0) is 35.9 Å². The number of hydrogen-bond donors (Lipinski definition) is 2. The van der Waals surface area contributed by atoms with Crippen molar-refractivity contribution in [1.29, 1.82) is 0 Å². The molecule has 1 heterocycles. The first-order valence-electron chi connectivity index (χ1n) is 8.86. The fourth-order valence-corrected chi connectivity index (χ4v) is 2.48. The summed E-state index contributed by atoms with van der Waals surface area (Å²) in [6.07, 6.45) is -2.95. The standard InChI is InChI=1S/C21H17F4N3O2/c22-16-4-2-6-18(10-16)30-20-8-7-14(12-28-20)11-27-19(29)13-26-17-5-1-3-15(9-17)21(23,24)25/h1-10,12,26H,11,13H2,(H,27,29). The molecule has 1 amide bonds. The number of nitrogens with one attached hydrogen (secondary N) is 2. The van der Waals surface area contributed by atoms with Crippen molar-refractivity contribution in [2.75, 3.05) is 11.9 Å². The molecule has 0 saturated carbocycles. The SMILES string of the molecule is O=C(CNc1cccc(C(F)(F)F)c1)NCc1ccc(Oc2cccc(F)c2)nc1. The third kappa shape index (κ3) is 6.20. The van der Waals surface area contributed by atoms with Gasteiger partial charge in [0.1, 0.15) is 11.6 Å². The second kappa shape index (κ2) is 9.25. The highest BCUT2D eigenvalue weighted by Gasteiger charge is 2.30. The van der Waals surface area contributed by atoms with Crippen molar-refractivity contribution in [3.05, 3.63) is 83.8 Å². The molecule has 0 aliphatic rings. The minimum absolute atomic E-state index is 0.177. The molecule has 5 nitrogen and oxygen atoms in total. The number of anilines is 1. The van der Waals surface area contributed by atoms with Gasteiger partial charge in [0.25, 0.3) is 0 Å². The van der Waals surface area contributed by atoms with Crippen molar-refractivity contribution in [2.24, 2.45) is 0 Å². The van der Waals surface area contributed by atoms with Gasteiger partial charge in [0.2, 0.25) is 11.8 Å². The van der Waals surface area contributed by atoms with E-state index in [0.717, 1.165) is 12.1 Å². The van der Waals surface area contributed by atoms with Crippen LogP contribution in [0.1, 0.15) is 11.1 Å². The summed E-state index contributed by atoms with van der Waals surface area (Å²) in [5.41, 5.74) is 0.0917. The monoisotopic (exact) mass is 419 g/mol. The summed E-state index contributed by atoms with van der Waals surface area (Å²) in [6, 6.07) is 13.5. The number of hydrogen-bond acceptors (Lipinski definition) is 4. The lowest BCUT2D eigenvalue weighted by molar-refractivity contribution is -0.137. The van der Waals surface area contributed by atoms with Crippen molar-refractivity contribution in [1.82, 2.24) is 10.3 Å². The van der Waals surface area contributed by atoms with Crippen LogP contribution >= 0.6 is 0 Å². The van der Waals surface area contributed by atoms with Crippen LogP contribution in [-0.2, 0) is 17.5 Å². The van der Waals surface area contributed by atoms with Gasteiger partial charge in [-0.2, -0.15) is 13.2 Å². The Balaban J connectivity index is 1.47. The largest absolute Gasteiger partial charge is 0.439 e. The van der Waals surface area contributed by atoms with Crippen LogP contribution in [0.2, 0.25) is 0 Å². The van der Waals surface area contributed by atoms with E-state index >= 15 is 0 Å². The second-order valence-corrected chi connectivity index (χ2v) is 6.27. The maximum absolute atomic E-state index is 13.2. The lowest BCUT2D eigenvalue weighted by Crippen LogP contribution is -2.29. The molecule has 3 aromatic rings. The van der Waals surface area contributed by atoms with Gasteiger partial charge in [0.05, 0.1) is 12.1 Å². The molecule has 156 valence electrons. The average Bonchev–Trinajstić information content (AvgIpc) is 2.71. The van der Waals surface area contributed by atoms with Crippen molar-refractivity contribution >= 4 is 11.6 Å². The summed E-state index contributed by atoms with van der Waals surface area (Å²) in [5, 5.41) is 5.29. The van der Waals surface area contributed by atoms with E-state index in [4.69, 9.17) is 4.74 Å². The van der Waals surface area contributed by atoms with Crippen LogP contribution in [0.25, 0.3) is 0 Å². The second-order valence-electron chi connectivity index (χ2n) is 6.27. The third-order valence-corrected chi connectivity index (χ3v) is 3.95. The summed E-state index contributed by atoms with van der Waals surface area (Å²) in [7, 11) is 0.